The van der Waals surface area contributed by atoms with Gasteiger partial charge in [0, 0.05) is 12.5 Å². The van der Waals surface area contributed by atoms with Crippen molar-refractivity contribution in [3.05, 3.63) is 23.8 Å². The molecule has 20 heavy (non-hydrogen) atoms. The molecule has 0 aromatic heterocycles. The molecule has 1 aromatic carbocycles. The van der Waals surface area contributed by atoms with E-state index in [0.29, 0.717) is 24.1 Å². The van der Waals surface area contributed by atoms with Gasteiger partial charge in [0.1, 0.15) is 5.75 Å². The number of hydrogen-bond donors (Lipinski definition) is 2. The van der Waals surface area contributed by atoms with Crippen LogP contribution in [0.4, 0.5) is 5.69 Å². The minimum atomic E-state index is 0.153. The van der Waals surface area contributed by atoms with Crippen molar-refractivity contribution in [3.63, 3.8) is 0 Å². The third kappa shape index (κ3) is 2.40. The van der Waals surface area contributed by atoms with E-state index in [0.717, 1.165) is 11.3 Å². The van der Waals surface area contributed by atoms with Crippen LogP contribution in [0.15, 0.2) is 18.2 Å². The predicted octanol–water partition coefficient (Wildman–Crippen LogP) is 2.53. The van der Waals surface area contributed by atoms with E-state index in [2.05, 4.69) is 5.32 Å². The Morgan fingerprint density at radius 1 is 1.35 bits per heavy atom. The number of nitrogens with two attached hydrogens (primary N) is 1. The maximum atomic E-state index is 12.4. The first-order valence-electron chi connectivity index (χ1n) is 7.42. The molecule has 0 heterocycles. The average Bonchev–Trinajstić information content (AvgIpc) is 3.22. The summed E-state index contributed by atoms with van der Waals surface area (Å²) in [6.07, 6.45) is 4.98. The van der Waals surface area contributed by atoms with Crippen LogP contribution in [0, 0.1) is 17.8 Å². The number of ether oxygens (including phenoxy) is 1. The van der Waals surface area contributed by atoms with Gasteiger partial charge >= 0.3 is 0 Å². The summed E-state index contributed by atoms with van der Waals surface area (Å²) >= 11 is 0. The molecule has 3 N–H and O–H groups in total. The molecule has 2 aliphatic rings. The van der Waals surface area contributed by atoms with Gasteiger partial charge in [-0.25, -0.2) is 0 Å². The number of methoxy groups -OCH3 is 1. The monoisotopic (exact) mass is 274 g/mol. The van der Waals surface area contributed by atoms with Gasteiger partial charge in [0.25, 0.3) is 0 Å². The predicted molar refractivity (Wildman–Crippen MR) is 78.5 cm³/mol. The van der Waals surface area contributed by atoms with Crippen molar-refractivity contribution in [3.8, 4) is 5.75 Å². The minimum Gasteiger partial charge on any atom is -0.495 e. The van der Waals surface area contributed by atoms with Gasteiger partial charge < -0.3 is 15.8 Å². The van der Waals surface area contributed by atoms with Crippen LogP contribution in [0.1, 0.15) is 31.2 Å². The lowest BCUT2D eigenvalue weighted by Crippen LogP contribution is -2.16. The average molecular weight is 274 g/mol. The molecular formula is C16H22N2O2. The number of rotatable bonds is 4. The maximum absolute atomic E-state index is 12.4. The van der Waals surface area contributed by atoms with Crippen LogP contribution in [0.25, 0.3) is 0 Å². The Morgan fingerprint density at radius 2 is 2.05 bits per heavy atom. The molecule has 1 aromatic rings. The van der Waals surface area contributed by atoms with Crippen molar-refractivity contribution in [2.75, 3.05) is 12.4 Å². The second-order valence-corrected chi connectivity index (χ2v) is 5.87. The zero-order valence-electron chi connectivity index (χ0n) is 11.9. The molecule has 0 bridgehead atoms. The van der Waals surface area contributed by atoms with Gasteiger partial charge in [-0.3, -0.25) is 4.79 Å². The summed E-state index contributed by atoms with van der Waals surface area (Å²) in [6, 6.07) is 5.69. The Balaban J connectivity index is 1.70. The first-order valence-corrected chi connectivity index (χ1v) is 7.42. The number of benzene rings is 1. The summed E-state index contributed by atoms with van der Waals surface area (Å²) in [5, 5.41) is 3.03. The van der Waals surface area contributed by atoms with Crippen LogP contribution in [0.5, 0.6) is 5.75 Å². The molecular weight excluding hydrogens is 252 g/mol. The summed E-state index contributed by atoms with van der Waals surface area (Å²) in [7, 11) is 1.61. The lowest BCUT2D eigenvalue weighted by atomic mass is 10.0. The van der Waals surface area contributed by atoms with Crippen LogP contribution in [-0.2, 0) is 11.3 Å². The molecule has 2 atom stereocenters. The highest BCUT2D eigenvalue weighted by Crippen LogP contribution is 2.55. The third-order valence-corrected chi connectivity index (χ3v) is 4.72. The van der Waals surface area contributed by atoms with Crippen molar-refractivity contribution in [2.45, 2.75) is 32.2 Å². The molecule has 1 amide bonds. The molecule has 4 heteroatoms. The van der Waals surface area contributed by atoms with E-state index >= 15 is 0 Å². The van der Waals surface area contributed by atoms with Gasteiger partial charge in [-0.2, -0.15) is 0 Å². The van der Waals surface area contributed by atoms with E-state index in [1.54, 1.807) is 7.11 Å². The van der Waals surface area contributed by atoms with Crippen molar-refractivity contribution < 1.29 is 9.53 Å². The van der Waals surface area contributed by atoms with Crippen molar-refractivity contribution in [2.24, 2.45) is 23.5 Å². The zero-order chi connectivity index (χ0) is 14.1. The minimum absolute atomic E-state index is 0.153. The number of hydrogen-bond acceptors (Lipinski definition) is 3. The summed E-state index contributed by atoms with van der Waals surface area (Å²) in [6.45, 7) is 0.470. The van der Waals surface area contributed by atoms with Gasteiger partial charge in [0.2, 0.25) is 5.91 Å². The van der Waals surface area contributed by atoms with E-state index in [1.165, 1.54) is 25.7 Å². The fraction of sp³-hybridized carbons (Fsp3) is 0.562. The highest BCUT2D eigenvalue weighted by Gasteiger charge is 2.54. The maximum Gasteiger partial charge on any atom is 0.228 e. The van der Waals surface area contributed by atoms with Crippen LogP contribution < -0.4 is 15.8 Å². The fourth-order valence-corrected chi connectivity index (χ4v) is 3.56. The summed E-state index contributed by atoms with van der Waals surface area (Å²) in [5.74, 6) is 2.30. The van der Waals surface area contributed by atoms with Gasteiger partial charge in [-0.1, -0.05) is 18.9 Å². The van der Waals surface area contributed by atoms with Crippen molar-refractivity contribution in [1.29, 1.82) is 0 Å². The molecule has 4 nitrogen and oxygen atoms in total. The van der Waals surface area contributed by atoms with Crippen LogP contribution in [-0.4, -0.2) is 13.0 Å². The van der Waals surface area contributed by atoms with Gasteiger partial charge in [-0.05, 0) is 42.4 Å². The lowest BCUT2D eigenvalue weighted by molar-refractivity contribution is -0.117. The van der Waals surface area contributed by atoms with Crippen molar-refractivity contribution >= 4 is 11.6 Å². The number of nitrogens with one attached hydrogen (secondary N) is 1. The largest absolute Gasteiger partial charge is 0.495 e. The Labute approximate surface area is 119 Å². The standard InChI is InChI=1S/C16H22N2O2/c1-20-14-8-10(9-17)6-7-13(14)18-16(19)15-11-4-2-3-5-12(11)15/h6-8,11-12,15H,2-5,9,17H2,1H3,(H,18,19). The molecule has 2 aliphatic carbocycles. The molecule has 2 unspecified atom stereocenters. The number of amides is 1. The van der Waals surface area contributed by atoms with Crippen LogP contribution in [0.2, 0.25) is 0 Å². The van der Waals surface area contributed by atoms with Crippen LogP contribution in [0.3, 0.4) is 0 Å². The molecule has 0 spiro atoms. The smallest absolute Gasteiger partial charge is 0.228 e. The third-order valence-electron chi connectivity index (χ3n) is 4.72. The van der Waals surface area contributed by atoms with E-state index in [1.807, 2.05) is 18.2 Å². The second kappa shape index (κ2) is 5.44. The Kier molecular flexibility index (Phi) is 3.66. The van der Waals surface area contributed by atoms with Crippen molar-refractivity contribution in [1.82, 2.24) is 0 Å². The second-order valence-electron chi connectivity index (χ2n) is 5.87. The van der Waals surface area contributed by atoms with E-state index in [4.69, 9.17) is 10.5 Å². The van der Waals surface area contributed by atoms with E-state index in [-0.39, 0.29) is 11.8 Å². The Hall–Kier alpha value is -1.55. The highest BCUT2D eigenvalue weighted by atomic mass is 16.5. The van der Waals surface area contributed by atoms with E-state index in [9.17, 15) is 4.79 Å². The van der Waals surface area contributed by atoms with Gasteiger partial charge in [0.05, 0.1) is 12.8 Å². The lowest BCUT2D eigenvalue weighted by Gasteiger charge is -2.11. The molecule has 3 rings (SSSR count). The summed E-state index contributed by atoms with van der Waals surface area (Å²) in [5.41, 5.74) is 7.37. The molecule has 2 saturated carbocycles. The molecule has 2 fully saturated rings. The summed E-state index contributed by atoms with van der Waals surface area (Å²) in [4.78, 5) is 12.4. The first-order chi connectivity index (χ1) is 9.74. The van der Waals surface area contributed by atoms with Gasteiger partial charge in [0.15, 0.2) is 0 Å². The number of fused-ring (bicyclic) bond motifs is 1. The molecule has 108 valence electrons. The quantitative estimate of drug-likeness (QED) is 0.886. The first kappa shape index (κ1) is 13.4. The molecule has 0 radical (unpaired) electrons. The van der Waals surface area contributed by atoms with E-state index < -0.39 is 0 Å². The number of anilines is 1. The SMILES string of the molecule is COc1cc(CN)ccc1NC(=O)C1C2CCCCC21. The van der Waals surface area contributed by atoms with Gasteiger partial charge in [-0.15, -0.1) is 0 Å². The zero-order valence-corrected chi connectivity index (χ0v) is 11.9. The molecule has 0 aliphatic heterocycles. The summed E-state index contributed by atoms with van der Waals surface area (Å²) < 4.78 is 5.34. The fourth-order valence-electron chi connectivity index (χ4n) is 3.56. The topological polar surface area (TPSA) is 64.3 Å². The Morgan fingerprint density at radius 3 is 2.65 bits per heavy atom. The van der Waals surface area contributed by atoms with Crippen LogP contribution >= 0.6 is 0 Å². The Bertz CT molecular complexity index is 503. The normalized spacial score (nSPS) is 27.6. The molecule has 0 saturated heterocycles. The highest BCUT2D eigenvalue weighted by molar-refractivity contribution is 5.96. The number of carbonyl (C=O) groups excluding carboxylic acids is 1. The number of carbonyl (C=O) groups is 1.